The molecule has 0 radical (unpaired) electrons. The fourth-order valence-corrected chi connectivity index (χ4v) is 2.03. The molecular formula is C11H12ClNO. The molecule has 1 aromatic rings. The summed E-state index contributed by atoms with van der Waals surface area (Å²) in [6.07, 6.45) is 0.586. The van der Waals surface area contributed by atoms with Crippen LogP contribution in [0.1, 0.15) is 24.8 Å². The van der Waals surface area contributed by atoms with E-state index in [1.807, 2.05) is 31.2 Å². The van der Waals surface area contributed by atoms with Crippen LogP contribution >= 0.6 is 11.6 Å². The van der Waals surface area contributed by atoms with E-state index in [4.69, 9.17) is 11.6 Å². The molecule has 1 saturated heterocycles. The molecule has 2 rings (SSSR count). The Hall–Kier alpha value is -1.02. The molecule has 0 saturated carbocycles. The topological polar surface area (TPSA) is 29.1 Å². The van der Waals surface area contributed by atoms with Crippen LogP contribution in [0.3, 0.4) is 0 Å². The van der Waals surface area contributed by atoms with E-state index in [0.717, 1.165) is 5.02 Å². The highest BCUT2D eigenvalue weighted by Crippen LogP contribution is 2.28. The highest BCUT2D eigenvalue weighted by atomic mass is 35.5. The molecule has 1 aliphatic heterocycles. The molecule has 0 spiro atoms. The van der Waals surface area contributed by atoms with E-state index in [1.54, 1.807) is 0 Å². The third-order valence-electron chi connectivity index (χ3n) is 2.70. The minimum atomic E-state index is 0.137. The molecule has 0 aromatic heterocycles. The maximum absolute atomic E-state index is 11.2. The minimum Gasteiger partial charge on any atom is -0.353 e. The molecule has 0 unspecified atom stereocenters. The van der Waals surface area contributed by atoms with Crippen LogP contribution < -0.4 is 5.32 Å². The van der Waals surface area contributed by atoms with Gasteiger partial charge in [0.25, 0.3) is 0 Å². The first-order valence-electron chi connectivity index (χ1n) is 4.71. The Balaban J connectivity index is 2.23. The first-order valence-corrected chi connectivity index (χ1v) is 5.09. The second-order valence-corrected chi connectivity index (χ2v) is 4.15. The molecule has 1 fully saturated rings. The average molecular weight is 210 g/mol. The normalized spacial score (nSPS) is 26.3. The molecule has 1 aliphatic rings. The molecule has 2 atom stereocenters. The van der Waals surface area contributed by atoms with Crippen molar-refractivity contribution < 1.29 is 4.79 Å². The summed E-state index contributed by atoms with van der Waals surface area (Å²) in [5.41, 5.74) is 1.18. The summed E-state index contributed by atoms with van der Waals surface area (Å²) >= 11 is 5.80. The lowest BCUT2D eigenvalue weighted by molar-refractivity contribution is -0.119. The van der Waals surface area contributed by atoms with Gasteiger partial charge >= 0.3 is 0 Å². The highest BCUT2D eigenvalue weighted by Gasteiger charge is 2.29. The SMILES string of the molecule is C[C@@H]1NC(=O)C[C@H]1c1ccc(Cl)cc1. The van der Waals surface area contributed by atoms with E-state index in [0.29, 0.717) is 12.3 Å². The Morgan fingerprint density at radius 3 is 2.50 bits per heavy atom. The minimum absolute atomic E-state index is 0.137. The van der Waals surface area contributed by atoms with Gasteiger partial charge in [-0.3, -0.25) is 4.79 Å². The van der Waals surface area contributed by atoms with Gasteiger partial charge in [-0.2, -0.15) is 0 Å². The number of benzene rings is 1. The van der Waals surface area contributed by atoms with Crippen LogP contribution in [-0.2, 0) is 4.79 Å². The van der Waals surface area contributed by atoms with E-state index < -0.39 is 0 Å². The van der Waals surface area contributed by atoms with Gasteiger partial charge < -0.3 is 5.32 Å². The summed E-state index contributed by atoms with van der Waals surface area (Å²) in [5, 5.41) is 3.64. The van der Waals surface area contributed by atoms with E-state index in [2.05, 4.69) is 5.32 Å². The van der Waals surface area contributed by atoms with Gasteiger partial charge in [0.05, 0.1) is 0 Å². The summed E-state index contributed by atoms with van der Waals surface area (Å²) in [7, 11) is 0. The van der Waals surface area contributed by atoms with E-state index in [-0.39, 0.29) is 11.9 Å². The molecule has 1 N–H and O–H groups in total. The van der Waals surface area contributed by atoms with Crippen molar-refractivity contribution in [1.82, 2.24) is 5.32 Å². The third kappa shape index (κ3) is 1.75. The largest absolute Gasteiger partial charge is 0.353 e. The van der Waals surface area contributed by atoms with Crippen molar-refractivity contribution >= 4 is 17.5 Å². The molecule has 0 aliphatic carbocycles. The maximum atomic E-state index is 11.2. The number of halogens is 1. The zero-order valence-corrected chi connectivity index (χ0v) is 8.71. The van der Waals surface area contributed by atoms with Gasteiger partial charge in [0, 0.05) is 23.4 Å². The summed E-state index contributed by atoms with van der Waals surface area (Å²) in [5.74, 6) is 0.428. The smallest absolute Gasteiger partial charge is 0.220 e. The van der Waals surface area contributed by atoms with Crippen molar-refractivity contribution in [2.75, 3.05) is 0 Å². The number of nitrogens with one attached hydrogen (secondary N) is 1. The van der Waals surface area contributed by atoms with E-state index in [1.165, 1.54) is 5.56 Å². The van der Waals surface area contributed by atoms with Gasteiger partial charge in [0.1, 0.15) is 0 Å². The molecule has 1 amide bonds. The third-order valence-corrected chi connectivity index (χ3v) is 2.95. The lowest BCUT2D eigenvalue weighted by Crippen LogP contribution is -2.24. The number of rotatable bonds is 1. The lowest BCUT2D eigenvalue weighted by atomic mass is 9.93. The zero-order chi connectivity index (χ0) is 10.1. The molecule has 1 heterocycles. The van der Waals surface area contributed by atoms with Crippen LogP contribution in [0.5, 0.6) is 0 Å². The summed E-state index contributed by atoms with van der Waals surface area (Å²) in [6, 6.07) is 7.94. The maximum Gasteiger partial charge on any atom is 0.220 e. The Bertz CT molecular complexity index is 347. The second-order valence-electron chi connectivity index (χ2n) is 3.72. The Kier molecular flexibility index (Phi) is 2.46. The van der Waals surface area contributed by atoms with Crippen molar-refractivity contribution in [3.05, 3.63) is 34.9 Å². The second kappa shape index (κ2) is 3.62. The van der Waals surface area contributed by atoms with Crippen molar-refractivity contribution in [3.63, 3.8) is 0 Å². The average Bonchev–Trinajstić information content (AvgIpc) is 2.47. The van der Waals surface area contributed by atoms with Gasteiger partial charge in [-0.25, -0.2) is 0 Å². The van der Waals surface area contributed by atoms with Crippen LogP contribution in [0.15, 0.2) is 24.3 Å². The number of carbonyl (C=O) groups excluding carboxylic acids is 1. The van der Waals surface area contributed by atoms with Gasteiger partial charge in [0.2, 0.25) is 5.91 Å². The van der Waals surface area contributed by atoms with Crippen LogP contribution in [0.25, 0.3) is 0 Å². The lowest BCUT2D eigenvalue weighted by Gasteiger charge is -2.14. The Labute approximate surface area is 88.3 Å². The zero-order valence-electron chi connectivity index (χ0n) is 7.96. The fourth-order valence-electron chi connectivity index (χ4n) is 1.91. The molecule has 3 heteroatoms. The van der Waals surface area contributed by atoms with Crippen molar-refractivity contribution in [1.29, 1.82) is 0 Å². The van der Waals surface area contributed by atoms with E-state index in [9.17, 15) is 4.79 Å². The number of hydrogen-bond donors (Lipinski definition) is 1. The Morgan fingerprint density at radius 1 is 1.36 bits per heavy atom. The molecular weight excluding hydrogens is 198 g/mol. The van der Waals surface area contributed by atoms with Gasteiger partial charge in [-0.1, -0.05) is 23.7 Å². The number of carbonyl (C=O) groups is 1. The molecule has 74 valence electrons. The summed E-state index contributed by atoms with van der Waals surface area (Å²) < 4.78 is 0. The molecule has 2 nitrogen and oxygen atoms in total. The Morgan fingerprint density at radius 2 is 2.00 bits per heavy atom. The molecule has 0 bridgehead atoms. The summed E-state index contributed by atoms with van der Waals surface area (Å²) in [6.45, 7) is 2.03. The van der Waals surface area contributed by atoms with Gasteiger partial charge in [-0.15, -0.1) is 0 Å². The van der Waals surface area contributed by atoms with Crippen LogP contribution in [0, 0.1) is 0 Å². The fraction of sp³-hybridized carbons (Fsp3) is 0.364. The quantitative estimate of drug-likeness (QED) is 0.756. The highest BCUT2D eigenvalue weighted by molar-refractivity contribution is 6.30. The molecule has 14 heavy (non-hydrogen) atoms. The van der Waals surface area contributed by atoms with Gasteiger partial charge in [0.15, 0.2) is 0 Å². The van der Waals surface area contributed by atoms with Crippen LogP contribution in [0.4, 0.5) is 0 Å². The predicted octanol–water partition coefficient (Wildman–Crippen LogP) is 2.33. The van der Waals surface area contributed by atoms with Crippen molar-refractivity contribution in [3.8, 4) is 0 Å². The number of amides is 1. The predicted molar refractivity (Wildman–Crippen MR) is 56.4 cm³/mol. The van der Waals surface area contributed by atoms with Gasteiger partial charge in [-0.05, 0) is 24.6 Å². The van der Waals surface area contributed by atoms with Crippen molar-refractivity contribution in [2.45, 2.75) is 25.3 Å². The van der Waals surface area contributed by atoms with Crippen LogP contribution in [0.2, 0.25) is 5.02 Å². The standard InChI is InChI=1S/C11H12ClNO/c1-7-10(6-11(14)13-7)8-2-4-9(12)5-3-8/h2-5,7,10H,6H2,1H3,(H,13,14)/t7-,10+/m0/s1. The molecule has 1 aromatic carbocycles. The monoisotopic (exact) mass is 209 g/mol. The van der Waals surface area contributed by atoms with E-state index >= 15 is 0 Å². The number of hydrogen-bond acceptors (Lipinski definition) is 1. The first-order chi connectivity index (χ1) is 6.66. The first kappa shape index (κ1) is 9.53. The van der Waals surface area contributed by atoms with Crippen molar-refractivity contribution in [2.24, 2.45) is 0 Å². The summed E-state index contributed by atoms with van der Waals surface area (Å²) in [4.78, 5) is 11.2. The van der Waals surface area contributed by atoms with Crippen LogP contribution in [-0.4, -0.2) is 11.9 Å².